The van der Waals surface area contributed by atoms with Crippen molar-refractivity contribution in [1.82, 2.24) is 9.78 Å². The minimum absolute atomic E-state index is 0.0101. The van der Waals surface area contributed by atoms with Crippen LogP contribution in [0.1, 0.15) is 5.56 Å². The van der Waals surface area contributed by atoms with E-state index in [-0.39, 0.29) is 5.69 Å². The minimum Gasteiger partial charge on any atom is -0.486 e. The van der Waals surface area contributed by atoms with Crippen LogP contribution in [0.15, 0.2) is 84.1 Å². The molecule has 0 saturated carbocycles. The second-order valence-electron chi connectivity index (χ2n) is 7.25. The number of nitro groups is 1. The topological polar surface area (TPSA) is 104 Å². The number of nitro benzene ring substituents is 1. The summed E-state index contributed by atoms with van der Waals surface area (Å²) in [4.78, 5) is 10.6. The summed E-state index contributed by atoms with van der Waals surface area (Å²) >= 11 is 0. The first-order chi connectivity index (χ1) is 16.2. The highest BCUT2D eigenvalue weighted by atomic mass is 16.6. The number of ether oxygens (including phenoxy) is 2. The molecular weight excluding hydrogens is 422 g/mol. The zero-order valence-corrected chi connectivity index (χ0v) is 17.4. The lowest BCUT2D eigenvalue weighted by Gasteiger charge is -2.18. The Kier molecular flexibility index (Phi) is 5.42. The zero-order chi connectivity index (χ0) is 22.6. The van der Waals surface area contributed by atoms with Gasteiger partial charge in [0, 0.05) is 29.5 Å². The van der Waals surface area contributed by atoms with Gasteiger partial charge in [0.1, 0.15) is 18.9 Å². The molecule has 164 valence electrons. The van der Waals surface area contributed by atoms with Gasteiger partial charge in [-0.25, -0.2) is 4.68 Å². The normalized spacial score (nSPS) is 12.6. The number of para-hydroxylation sites is 1. The van der Waals surface area contributed by atoms with E-state index in [9.17, 15) is 10.1 Å². The highest BCUT2D eigenvalue weighted by Crippen LogP contribution is 2.35. The van der Waals surface area contributed by atoms with Gasteiger partial charge in [-0.1, -0.05) is 24.3 Å². The second kappa shape index (κ2) is 8.83. The molecule has 0 radical (unpaired) electrons. The highest BCUT2D eigenvalue weighted by Gasteiger charge is 2.16. The first kappa shape index (κ1) is 20.3. The van der Waals surface area contributed by atoms with Crippen LogP contribution in [0.4, 0.5) is 11.4 Å². The molecule has 5 rings (SSSR count). The number of aromatic nitrogens is 2. The number of fused-ring (bicyclic) bond motifs is 1. The predicted octanol–water partition coefficient (Wildman–Crippen LogP) is 4.66. The molecule has 1 aliphatic heterocycles. The SMILES string of the molecule is O=[N+]([O-])c1cccc(NN=Cc2cn(-c3ccccc3)nc2-c2ccc3c(c2)OCCO3)c1. The van der Waals surface area contributed by atoms with Crippen molar-refractivity contribution >= 4 is 17.6 Å². The monoisotopic (exact) mass is 441 g/mol. The summed E-state index contributed by atoms with van der Waals surface area (Å²) in [5, 5.41) is 20.1. The summed E-state index contributed by atoms with van der Waals surface area (Å²) < 4.78 is 13.1. The fraction of sp³-hybridized carbons (Fsp3) is 0.0833. The minimum atomic E-state index is -0.446. The molecule has 3 aromatic carbocycles. The molecule has 1 aliphatic rings. The van der Waals surface area contributed by atoms with Crippen molar-refractivity contribution in [3.05, 3.63) is 94.7 Å². The molecule has 33 heavy (non-hydrogen) atoms. The van der Waals surface area contributed by atoms with Crippen LogP contribution < -0.4 is 14.9 Å². The van der Waals surface area contributed by atoms with Crippen LogP contribution in [0.5, 0.6) is 11.5 Å². The van der Waals surface area contributed by atoms with Crippen LogP contribution in [0.3, 0.4) is 0 Å². The van der Waals surface area contributed by atoms with E-state index in [1.807, 2.05) is 54.7 Å². The molecular formula is C24H19N5O4. The Hall–Kier alpha value is -4.66. The molecule has 0 atom stereocenters. The number of rotatable bonds is 6. The van der Waals surface area contributed by atoms with Gasteiger partial charge in [-0.05, 0) is 36.4 Å². The van der Waals surface area contributed by atoms with Crippen molar-refractivity contribution in [2.45, 2.75) is 0 Å². The van der Waals surface area contributed by atoms with Crippen LogP contribution >= 0.6 is 0 Å². The molecule has 4 aromatic rings. The van der Waals surface area contributed by atoms with Crippen LogP contribution in [-0.4, -0.2) is 34.1 Å². The van der Waals surface area contributed by atoms with Gasteiger partial charge in [0.2, 0.25) is 0 Å². The fourth-order valence-electron chi connectivity index (χ4n) is 3.48. The molecule has 0 aliphatic carbocycles. The number of hydrazone groups is 1. The van der Waals surface area contributed by atoms with E-state index in [1.54, 1.807) is 23.0 Å². The molecule has 0 amide bonds. The number of benzene rings is 3. The molecule has 0 bridgehead atoms. The number of non-ortho nitro benzene ring substituents is 1. The van der Waals surface area contributed by atoms with Gasteiger partial charge >= 0.3 is 0 Å². The number of anilines is 1. The summed E-state index contributed by atoms with van der Waals surface area (Å²) in [5.41, 5.74) is 6.57. The van der Waals surface area contributed by atoms with E-state index in [2.05, 4.69) is 10.5 Å². The van der Waals surface area contributed by atoms with Gasteiger partial charge in [0.25, 0.3) is 5.69 Å². The molecule has 2 heterocycles. The molecule has 1 aromatic heterocycles. The van der Waals surface area contributed by atoms with Gasteiger partial charge in [-0.15, -0.1) is 0 Å². The van der Waals surface area contributed by atoms with Crippen molar-refractivity contribution in [2.75, 3.05) is 18.6 Å². The third-order valence-corrected chi connectivity index (χ3v) is 5.03. The quantitative estimate of drug-likeness (QED) is 0.265. The van der Waals surface area contributed by atoms with Crippen molar-refractivity contribution < 1.29 is 14.4 Å². The van der Waals surface area contributed by atoms with Crippen molar-refractivity contribution in [3.8, 4) is 28.4 Å². The summed E-state index contributed by atoms with van der Waals surface area (Å²) in [6.07, 6.45) is 3.51. The Morgan fingerprint density at radius 3 is 2.64 bits per heavy atom. The number of nitrogens with zero attached hydrogens (tertiary/aromatic N) is 4. The maximum atomic E-state index is 11.0. The molecule has 0 saturated heterocycles. The summed E-state index contributed by atoms with van der Waals surface area (Å²) in [6, 6.07) is 21.6. The maximum absolute atomic E-state index is 11.0. The zero-order valence-electron chi connectivity index (χ0n) is 17.4. The third-order valence-electron chi connectivity index (χ3n) is 5.03. The van der Waals surface area contributed by atoms with E-state index >= 15 is 0 Å². The molecule has 0 fully saturated rings. The van der Waals surface area contributed by atoms with Crippen LogP contribution in [0.25, 0.3) is 16.9 Å². The van der Waals surface area contributed by atoms with Gasteiger partial charge in [0.05, 0.1) is 22.5 Å². The Morgan fingerprint density at radius 1 is 1.00 bits per heavy atom. The first-order valence-electron chi connectivity index (χ1n) is 10.3. The fourth-order valence-corrected chi connectivity index (χ4v) is 3.48. The van der Waals surface area contributed by atoms with Crippen molar-refractivity contribution in [2.24, 2.45) is 5.10 Å². The lowest BCUT2D eigenvalue weighted by molar-refractivity contribution is -0.384. The molecule has 1 N–H and O–H groups in total. The summed E-state index contributed by atoms with van der Waals surface area (Å²) in [5.74, 6) is 1.38. The maximum Gasteiger partial charge on any atom is 0.271 e. The summed E-state index contributed by atoms with van der Waals surface area (Å²) in [7, 11) is 0. The Labute approximate surface area is 189 Å². The average Bonchev–Trinajstić information content (AvgIpc) is 3.29. The average molecular weight is 441 g/mol. The highest BCUT2D eigenvalue weighted by molar-refractivity contribution is 5.89. The number of nitrogens with one attached hydrogen (secondary N) is 1. The van der Waals surface area contributed by atoms with Crippen LogP contribution in [0.2, 0.25) is 0 Å². The van der Waals surface area contributed by atoms with E-state index in [4.69, 9.17) is 14.6 Å². The van der Waals surface area contributed by atoms with Crippen molar-refractivity contribution in [1.29, 1.82) is 0 Å². The largest absolute Gasteiger partial charge is 0.486 e. The van der Waals surface area contributed by atoms with Gasteiger partial charge in [-0.3, -0.25) is 15.5 Å². The standard InChI is InChI=1S/C24H19N5O4/c30-29(31)21-8-4-5-19(14-21)26-25-15-18-16-28(20-6-2-1-3-7-20)27-24(18)17-9-10-22-23(13-17)33-12-11-32-22/h1-10,13-16,26H,11-12H2. The number of hydrogen-bond donors (Lipinski definition) is 1. The molecule has 0 unspecified atom stereocenters. The van der Waals surface area contributed by atoms with Crippen molar-refractivity contribution in [3.63, 3.8) is 0 Å². The van der Waals surface area contributed by atoms with E-state index in [0.29, 0.717) is 36.1 Å². The Bertz CT molecular complexity index is 1330. The van der Waals surface area contributed by atoms with Crippen LogP contribution in [0, 0.1) is 10.1 Å². The lowest BCUT2D eigenvalue weighted by atomic mass is 10.1. The predicted molar refractivity (Wildman–Crippen MR) is 124 cm³/mol. The first-order valence-corrected chi connectivity index (χ1v) is 10.3. The van der Waals surface area contributed by atoms with Crippen LogP contribution in [-0.2, 0) is 0 Å². The van der Waals surface area contributed by atoms with Gasteiger partial charge in [-0.2, -0.15) is 10.2 Å². The Morgan fingerprint density at radius 2 is 1.82 bits per heavy atom. The third kappa shape index (κ3) is 4.38. The summed E-state index contributed by atoms with van der Waals surface area (Å²) in [6.45, 7) is 1.02. The second-order valence-corrected chi connectivity index (χ2v) is 7.25. The lowest BCUT2D eigenvalue weighted by Crippen LogP contribution is -2.15. The smallest absolute Gasteiger partial charge is 0.271 e. The molecule has 0 spiro atoms. The van der Waals surface area contributed by atoms with E-state index in [0.717, 1.165) is 16.8 Å². The number of hydrogen-bond acceptors (Lipinski definition) is 7. The van der Waals surface area contributed by atoms with Gasteiger partial charge < -0.3 is 9.47 Å². The van der Waals surface area contributed by atoms with E-state index < -0.39 is 4.92 Å². The Balaban J connectivity index is 1.49. The molecule has 9 nitrogen and oxygen atoms in total. The van der Waals surface area contributed by atoms with Gasteiger partial charge in [0.15, 0.2) is 11.5 Å². The van der Waals surface area contributed by atoms with E-state index in [1.165, 1.54) is 12.1 Å². The molecule has 9 heteroatoms.